The topological polar surface area (TPSA) is 75.9 Å². The van der Waals surface area contributed by atoms with Crippen LogP contribution in [0.1, 0.15) is 17.0 Å². The molecule has 0 radical (unpaired) electrons. The van der Waals surface area contributed by atoms with Crippen molar-refractivity contribution < 1.29 is 9.53 Å². The summed E-state index contributed by atoms with van der Waals surface area (Å²) in [7, 11) is 0. The molecule has 164 valence electrons. The molecule has 0 aliphatic carbocycles. The van der Waals surface area contributed by atoms with E-state index in [-0.39, 0.29) is 5.91 Å². The van der Waals surface area contributed by atoms with Crippen LogP contribution in [0.3, 0.4) is 0 Å². The molecule has 3 heterocycles. The minimum atomic E-state index is 0.137. The van der Waals surface area contributed by atoms with Crippen LogP contribution in [0.15, 0.2) is 35.5 Å². The fourth-order valence-corrected chi connectivity index (χ4v) is 4.16. The number of carbonyl (C=O) groups is 1. The first-order valence-corrected chi connectivity index (χ1v) is 11.7. The summed E-state index contributed by atoms with van der Waals surface area (Å²) in [6, 6.07) is 9.86. The summed E-state index contributed by atoms with van der Waals surface area (Å²) in [4.78, 5) is 26.2. The van der Waals surface area contributed by atoms with E-state index in [2.05, 4.69) is 20.0 Å². The maximum absolute atomic E-state index is 13.0. The Balaban J connectivity index is 1.31. The van der Waals surface area contributed by atoms with Gasteiger partial charge in [0.05, 0.1) is 6.42 Å². The van der Waals surface area contributed by atoms with Crippen LogP contribution in [0.5, 0.6) is 5.75 Å². The number of aromatic nitrogens is 4. The van der Waals surface area contributed by atoms with Crippen LogP contribution in [0, 0.1) is 13.8 Å². The zero-order valence-electron chi connectivity index (χ0n) is 18.2. The summed E-state index contributed by atoms with van der Waals surface area (Å²) in [5, 5.41) is 5.16. The normalized spacial score (nSPS) is 14.9. The summed E-state index contributed by atoms with van der Waals surface area (Å²) in [5.74, 6) is 1.62. The van der Waals surface area contributed by atoms with Crippen molar-refractivity contribution in [3.8, 4) is 5.75 Å². The van der Waals surface area contributed by atoms with E-state index >= 15 is 0 Å². The lowest BCUT2D eigenvalue weighted by molar-refractivity contribution is -0.132. The average molecular weight is 441 g/mol. The first kappa shape index (κ1) is 21.6. The largest absolute Gasteiger partial charge is 0.492 e. The van der Waals surface area contributed by atoms with E-state index in [1.165, 1.54) is 11.8 Å². The fourth-order valence-electron chi connectivity index (χ4n) is 3.83. The lowest BCUT2D eigenvalue weighted by Crippen LogP contribution is -2.50. The molecule has 0 bridgehead atoms. The van der Waals surface area contributed by atoms with Gasteiger partial charge in [0.25, 0.3) is 5.78 Å². The van der Waals surface area contributed by atoms with Crippen LogP contribution < -0.4 is 4.74 Å². The number of fused-ring (bicyclic) bond motifs is 1. The highest BCUT2D eigenvalue weighted by molar-refractivity contribution is 7.98. The third kappa shape index (κ3) is 4.99. The van der Waals surface area contributed by atoms with Gasteiger partial charge in [-0.25, -0.2) is 9.50 Å². The van der Waals surface area contributed by atoms with Gasteiger partial charge in [0, 0.05) is 49.7 Å². The number of piperazine rings is 1. The second kappa shape index (κ2) is 9.65. The summed E-state index contributed by atoms with van der Waals surface area (Å²) in [6.07, 6.45) is 2.28. The van der Waals surface area contributed by atoms with Gasteiger partial charge in [0.1, 0.15) is 12.4 Å². The minimum absolute atomic E-state index is 0.137. The molecule has 4 rings (SSSR count). The molecule has 0 spiro atoms. The monoisotopic (exact) mass is 440 g/mol. The predicted octanol–water partition coefficient (Wildman–Crippen LogP) is 2.23. The van der Waals surface area contributed by atoms with Gasteiger partial charge in [0.2, 0.25) is 11.1 Å². The molecule has 1 fully saturated rings. The molecule has 1 amide bonds. The second-order valence-corrected chi connectivity index (χ2v) is 8.41. The highest BCUT2D eigenvalue weighted by Crippen LogP contribution is 2.18. The quantitative estimate of drug-likeness (QED) is 0.522. The smallest absolute Gasteiger partial charge is 0.253 e. The van der Waals surface area contributed by atoms with Gasteiger partial charge in [-0.15, -0.1) is 5.10 Å². The van der Waals surface area contributed by atoms with Crippen LogP contribution in [-0.2, 0) is 11.2 Å². The maximum Gasteiger partial charge on any atom is 0.253 e. The summed E-state index contributed by atoms with van der Waals surface area (Å²) < 4.78 is 7.53. The van der Waals surface area contributed by atoms with Gasteiger partial charge in [-0.3, -0.25) is 9.69 Å². The van der Waals surface area contributed by atoms with E-state index in [0.717, 1.165) is 55.4 Å². The zero-order valence-corrected chi connectivity index (χ0v) is 19.1. The second-order valence-electron chi connectivity index (χ2n) is 7.63. The standard InChI is InChI=1S/C22H28N6O2S/c1-16-19(17(2)28-21(23-16)24-22(25-28)31-3)15-20(29)27-11-9-26(10-12-27)13-14-30-18-7-5-4-6-8-18/h4-8H,9-15H2,1-3H3. The highest BCUT2D eigenvalue weighted by Gasteiger charge is 2.23. The number of aryl methyl sites for hydroxylation is 2. The van der Waals surface area contributed by atoms with Crippen molar-refractivity contribution in [2.75, 3.05) is 45.6 Å². The average Bonchev–Trinajstić information content (AvgIpc) is 3.21. The zero-order chi connectivity index (χ0) is 21.8. The number of ether oxygens (including phenoxy) is 1. The molecule has 1 saturated heterocycles. The van der Waals surface area contributed by atoms with Crippen molar-refractivity contribution in [2.45, 2.75) is 25.4 Å². The first-order valence-electron chi connectivity index (χ1n) is 10.5. The van der Waals surface area contributed by atoms with E-state index in [9.17, 15) is 4.79 Å². The van der Waals surface area contributed by atoms with Crippen molar-refractivity contribution in [2.24, 2.45) is 0 Å². The van der Waals surface area contributed by atoms with Crippen molar-refractivity contribution in [3.63, 3.8) is 0 Å². The molecule has 2 aromatic heterocycles. The maximum atomic E-state index is 13.0. The molecule has 0 atom stereocenters. The first-order chi connectivity index (χ1) is 15.0. The fraction of sp³-hybridized carbons (Fsp3) is 0.455. The van der Waals surface area contributed by atoms with Crippen molar-refractivity contribution in [1.29, 1.82) is 0 Å². The van der Waals surface area contributed by atoms with E-state index in [1.807, 2.05) is 55.3 Å². The SMILES string of the molecule is CSc1nc2nc(C)c(CC(=O)N3CCN(CCOc4ccccc4)CC3)c(C)n2n1. The van der Waals surface area contributed by atoms with E-state index < -0.39 is 0 Å². The Hall–Kier alpha value is -2.65. The number of thioether (sulfide) groups is 1. The van der Waals surface area contributed by atoms with E-state index in [1.54, 1.807) is 4.52 Å². The molecule has 1 aromatic carbocycles. The third-order valence-electron chi connectivity index (χ3n) is 5.68. The van der Waals surface area contributed by atoms with Crippen LogP contribution >= 0.6 is 11.8 Å². The third-order valence-corrected chi connectivity index (χ3v) is 6.22. The number of rotatable bonds is 7. The number of benzene rings is 1. The van der Waals surface area contributed by atoms with E-state index in [0.29, 0.717) is 24.0 Å². The molecular weight excluding hydrogens is 412 g/mol. The van der Waals surface area contributed by atoms with Gasteiger partial charge < -0.3 is 9.64 Å². The molecule has 3 aromatic rings. The molecule has 31 heavy (non-hydrogen) atoms. The summed E-state index contributed by atoms with van der Waals surface area (Å²) >= 11 is 1.48. The Labute approximate surface area is 186 Å². The van der Waals surface area contributed by atoms with Crippen molar-refractivity contribution in [3.05, 3.63) is 47.3 Å². The number of nitrogens with zero attached hydrogens (tertiary/aromatic N) is 6. The van der Waals surface area contributed by atoms with Gasteiger partial charge in [0.15, 0.2) is 0 Å². The van der Waals surface area contributed by atoms with E-state index in [4.69, 9.17) is 4.74 Å². The molecule has 0 unspecified atom stereocenters. The molecule has 1 aliphatic heterocycles. The number of carbonyl (C=O) groups excluding carboxylic acids is 1. The van der Waals surface area contributed by atoms with Crippen LogP contribution in [-0.4, -0.2) is 80.9 Å². The molecule has 1 aliphatic rings. The Bertz CT molecular complexity index is 1050. The number of hydrogen-bond donors (Lipinski definition) is 0. The Morgan fingerprint density at radius 1 is 1.10 bits per heavy atom. The van der Waals surface area contributed by atoms with Gasteiger partial charge >= 0.3 is 0 Å². The predicted molar refractivity (Wildman–Crippen MR) is 121 cm³/mol. The van der Waals surface area contributed by atoms with Crippen molar-refractivity contribution >= 4 is 23.4 Å². The number of amides is 1. The van der Waals surface area contributed by atoms with Crippen LogP contribution in [0.2, 0.25) is 0 Å². The van der Waals surface area contributed by atoms with Gasteiger partial charge in [-0.1, -0.05) is 30.0 Å². The molecule has 9 heteroatoms. The number of para-hydroxylation sites is 1. The van der Waals surface area contributed by atoms with Crippen LogP contribution in [0.4, 0.5) is 0 Å². The van der Waals surface area contributed by atoms with Crippen molar-refractivity contribution in [1.82, 2.24) is 29.4 Å². The Morgan fingerprint density at radius 3 is 2.55 bits per heavy atom. The van der Waals surface area contributed by atoms with Crippen LogP contribution in [0.25, 0.3) is 5.78 Å². The number of hydrogen-bond acceptors (Lipinski definition) is 7. The lowest BCUT2D eigenvalue weighted by Gasteiger charge is -2.34. The Kier molecular flexibility index (Phi) is 6.72. The molecule has 0 N–H and O–H groups in total. The Morgan fingerprint density at radius 2 is 1.84 bits per heavy atom. The summed E-state index contributed by atoms with van der Waals surface area (Å²) in [6.45, 7) is 8.62. The highest BCUT2D eigenvalue weighted by atomic mass is 32.2. The van der Waals surface area contributed by atoms with Gasteiger partial charge in [-0.05, 0) is 32.2 Å². The molecule has 8 nitrogen and oxygen atoms in total. The van der Waals surface area contributed by atoms with Gasteiger partial charge in [-0.2, -0.15) is 4.98 Å². The molecular formula is C22H28N6O2S. The lowest BCUT2D eigenvalue weighted by atomic mass is 10.1. The minimum Gasteiger partial charge on any atom is -0.492 e. The molecule has 0 saturated carbocycles. The summed E-state index contributed by atoms with van der Waals surface area (Å²) in [5.41, 5.74) is 2.71.